The van der Waals surface area contributed by atoms with Crippen molar-refractivity contribution >= 4 is 46.4 Å². The van der Waals surface area contributed by atoms with Gasteiger partial charge in [-0.3, -0.25) is 29.1 Å². The summed E-state index contributed by atoms with van der Waals surface area (Å²) >= 11 is 0. The Morgan fingerprint density at radius 2 is 0.652 bits per heavy atom. The van der Waals surface area contributed by atoms with E-state index in [9.17, 15) is 19.2 Å². The lowest BCUT2D eigenvalue weighted by Crippen LogP contribution is -2.20. The van der Waals surface area contributed by atoms with Gasteiger partial charge in [0.15, 0.2) is 0 Å². The maximum atomic E-state index is 13.9. The molecule has 0 saturated heterocycles. The SMILES string of the molecule is Cc1cncc(C)c1NC(=O)c1cccc(C(=O)Nc2c(C(C)C)cc(C#Cc3cc(C(C)C)c(NC(=O)c4cccc(C(=O)Nc5c(C)cncc5C)n4)c(C(C)C)c3)cc2C(C)C)n1. The van der Waals surface area contributed by atoms with Gasteiger partial charge in [0.2, 0.25) is 0 Å². The van der Waals surface area contributed by atoms with Crippen molar-refractivity contribution in [1.29, 1.82) is 0 Å². The van der Waals surface area contributed by atoms with Crippen molar-refractivity contribution in [3.05, 3.63) is 164 Å². The topological polar surface area (TPSA) is 168 Å². The van der Waals surface area contributed by atoms with E-state index in [4.69, 9.17) is 0 Å². The second-order valence-electron chi connectivity index (χ2n) is 17.9. The zero-order chi connectivity index (χ0) is 48.0. The molecule has 0 aliphatic rings. The van der Waals surface area contributed by atoms with Gasteiger partial charge >= 0.3 is 0 Å². The minimum Gasteiger partial charge on any atom is -0.320 e. The van der Waals surface area contributed by atoms with Crippen LogP contribution in [0.25, 0.3) is 0 Å². The fraction of sp³-hybridized carbons (Fsp3) is 0.296. The van der Waals surface area contributed by atoms with E-state index in [1.807, 2.05) is 52.0 Å². The standard InChI is InChI=1S/C54H58N8O4/c1-29(2)39-21-37(22-40(30(3)4)49(39)61-53(65)45-17-13-15-43(57-45)51(63)59-47-33(9)25-55-26-34(47)10)19-20-38-23-41(31(5)6)50(42(24-38)32(7)8)62-54(66)46-18-14-16-44(58-46)52(64)60-48-35(11)27-56-28-36(48)12/h13-18,21-32H,1-12H3,(H,61,65)(H,62,66)(H,55,59,63)(H,56,60,64). The molecule has 0 unspecified atom stereocenters. The quantitative estimate of drug-likeness (QED) is 0.0881. The van der Waals surface area contributed by atoms with E-state index in [2.05, 4.69) is 108 Å². The molecule has 0 saturated carbocycles. The second kappa shape index (κ2) is 20.5. The molecular weight excluding hydrogens is 825 g/mol. The Kier molecular flexibility index (Phi) is 14.9. The summed E-state index contributed by atoms with van der Waals surface area (Å²) in [5, 5.41) is 12.1. The zero-order valence-corrected chi connectivity index (χ0v) is 39.8. The Morgan fingerprint density at radius 1 is 0.409 bits per heavy atom. The number of amides is 4. The minimum atomic E-state index is -0.432. The third-order valence-electron chi connectivity index (χ3n) is 11.3. The smallest absolute Gasteiger partial charge is 0.274 e. The van der Waals surface area contributed by atoms with Crippen LogP contribution in [0, 0.1) is 39.5 Å². The number of hydrogen-bond acceptors (Lipinski definition) is 8. The summed E-state index contributed by atoms with van der Waals surface area (Å²) in [6.45, 7) is 24.0. The number of anilines is 4. The van der Waals surface area contributed by atoms with Crippen molar-refractivity contribution < 1.29 is 19.2 Å². The van der Waals surface area contributed by atoms with Crippen molar-refractivity contribution in [2.75, 3.05) is 21.3 Å². The summed E-state index contributed by atoms with van der Waals surface area (Å²) in [4.78, 5) is 71.6. The van der Waals surface area contributed by atoms with Crippen molar-refractivity contribution in [2.45, 2.75) is 107 Å². The van der Waals surface area contributed by atoms with Crippen molar-refractivity contribution in [2.24, 2.45) is 0 Å². The Balaban J connectivity index is 1.27. The highest BCUT2D eigenvalue weighted by atomic mass is 16.2. The van der Waals surface area contributed by atoms with Crippen LogP contribution in [0.15, 0.2) is 85.5 Å². The normalized spacial score (nSPS) is 11.1. The molecule has 0 bridgehead atoms. The van der Waals surface area contributed by atoms with Crippen LogP contribution in [0.1, 0.15) is 177 Å². The lowest BCUT2D eigenvalue weighted by Gasteiger charge is -2.21. The first-order valence-corrected chi connectivity index (χ1v) is 22.2. The number of carbonyl (C=O) groups excluding carboxylic acids is 4. The molecule has 4 heterocycles. The van der Waals surface area contributed by atoms with E-state index in [1.165, 1.54) is 0 Å². The first-order valence-electron chi connectivity index (χ1n) is 22.2. The molecule has 0 aliphatic carbocycles. The van der Waals surface area contributed by atoms with Gasteiger partial charge in [-0.2, -0.15) is 0 Å². The molecule has 4 N–H and O–H groups in total. The summed E-state index contributed by atoms with van der Waals surface area (Å²) in [7, 11) is 0. The Labute approximate surface area is 387 Å². The van der Waals surface area contributed by atoms with Crippen molar-refractivity contribution in [3.8, 4) is 11.8 Å². The Bertz CT molecular complexity index is 2630. The monoisotopic (exact) mass is 882 g/mol. The number of nitrogens with one attached hydrogen (secondary N) is 4. The lowest BCUT2D eigenvalue weighted by molar-refractivity contribution is 0.0998. The van der Waals surface area contributed by atoms with Gasteiger partial charge in [0.25, 0.3) is 23.6 Å². The molecule has 4 aromatic heterocycles. The highest BCUT2D eigenvalue weighted by Gasteiger charge is 2.23. The van der Waals surface area contributed by atoms with E-state index in [1.54, 1.807) is 61.2 Å². The highest BCUT2D eigenvalue weighted by Crippen LogP contribution is 2.36. The minimum absolute atomic E-state index is 0.0267. The van der Waals surface area contributed by atoms with Gasteiger partial charge in [0.1, 0.15) is 22.8 Å². The van der Waals surface area contributed by atoms with Gasteiger partial charge in [-0.15, -0.1) is 0 Å². The molecule has 2 aromatic carbocycles. The molecule has 0 fully saturated rings. The van der Waals surface area contributed by atoms with E-state index in [0.717, 1.165) is 55.6 Å². The van der Waals surface area contributed by atoms with Crippen LogP contribution >= 0.6 is 0 Å². The van der Waals surface area contributed by atoms with E-state index >= 15 is 0 Å². The number of rotatable bonds is 12. The van der Waals surface area contributed by atoms with Gasteiger partial charge in [-0.25, -0.2) is 9.97 Å². The number of pyridine rings is 4. The van der Waals surface area contributed by atoms with Gasteiger partial charge in [0.05, 0.1) is 0 Å². The summed E-state index contributed by atoms with van der Waals surface area (Å²) in [6, 6.07) is 17.7. The molecule has 12 nitrogen and oxygen atoms in total. The summed E-state index contributed by atoms with van der Waals surface area (Å²) in [5.41, 5.74) is 11.7. The zero-order valence-electron chi connectivity index (χ0n) is 39.8. The van der Waals surface area contributed by atoms with Gasteiger partial charge in [0, 0.05) is 58.7 Å². The van der Waals surface area contributed by atoms with Gasteiger partial charge in [-0.1, -0.05) is 79.4 Å². The molecule has 0 radical (unpaired) electrons. The highest BCUT2D eigenvalue weighted by molar-refractivity contribution is 6.08. The molecular formula is C54H58N8O4. The van der Waals surface area contributed by atoms with Crippen LogP contribution < -0.4 is 21.3 Å². The summed E-state index contributed by atoms with van der Waals surface area (Å²) in [6.07, 6.45) is 6.72. The molecule has 0 aliphatic heterocycles. The summed E-state index contributed by atoms with van der Waals surface area (Å²) < 4.78 is 0. The Morgan fingerprint density at radius 3 is 0.894 bits per heavy atom. The summed E-state index contributed by atoms with van der Waals surface area (Å²) in [5.74, 6) is 5.21. The van der Waals surface area contributed by atoms with Crippen LogP contribution in [0.5, 0.6) is 0 Å². The molecule has 338 valence electrons. The second-order valence-corrected chi connectivity index (χ2v) is 17.9. The number of nitrogens with zero attached hydrogens (tertiary/aromatic N) is 4. The van der Waals surface area contributed by atoms with Crippen molar-refractivity contribution in [1.82, 2.24) is 19.9 Å². The fourth-order valence-corrected chi connectivity index (χ4v) is 7.66. The number of aryl methyl sites for hydroxylation is 4. The van der Waals surface area contributed by atoms with Crippen LogP contribution in [-0.4, -0.2) is 43.6 Å². The number of hydrogen-bond donors (Lipinski definition) is 4. The molecule has 12 heteroatoms. The van der Waals surface area contributed by atoms with Crippen LogP contribution in [0.3, 0.4) is 0 Å². The van der Waals surface area contributed by atoms with Crippen molar-refractivity contribution in [3.63, 3.8) is 0 Å². The van der Waals surface area contributed by atoms with Gasteiger partial charge in [-0.05, 0) is 144 Å². The third-order valence-corrected chi connectivity index (χ3v) is 11.3. The molecule has 66 heavy (non-hydrogen) atoms. The van der Waals surface area contributed by atoms with Crippen LogP contribution in [0.4, 0.5) is 22.7 Å². The Hall–Kier alpha value is -7.52. The average Bonchev–Trinajstić information content (AvgIpc) is 3.28. The molecule has 4 amide bonds. The van der Waals surface area contributed by atoms with Crippen LogP contribution in [-0.2, 0) is 0 Å². The molecule has 6 rings (SSSR count). The first-order chi connectivity index (χ1) is 31.3. The molecule has 0 atom stereocenters. The van der Waals surface area contributed by atoms with E-state index in [0.29, 0.717) is 22.7 Å². The maximum Gasteiger partial charge on any atom is 0.274 e. The third kappa shape index (κ3) is 11.0. The molecule has 0 spiro atoms. The fourth-order valence-electron chi connectivity index (χ4n) is 7.66. The number of aromatic nitrogens is 4. The van der Waals surface area contributed by atoms with E-state index < -0.39 is 23.6 Å². The average molecular weight is 883 g/mol. The van der Waals surface area contributed by atoms with Gasteiger partial charge < -0.3 is 21.3 Å². The predicted octanol–water partition coefficient (Wildman–Crippen LogP) is 11.4. The lowest BCUT2D eigenvalue weighted by atomic mass is 9.89. The maximum absolute atomic E-state index is 13.9. The van der Waals surface area contributed by atoms with E-state index in [-0.39, 0.29) is 46.4 Å². The number of carbonyl (C=O) groups is 4. The predicted molar refractivity (Wildman–Crippen MR) is 263 cm³/mol. The first kappa shape index (κ1) is 47.9. The van der Waals surface area contributed by atoms with Crippen LogP contribution in [0.2, 0.25) is 0 Å². The number of benzene rings is 2. The molecule has 6 aromatic rings. The largest absolute Gasteiger partial charge is 0.320 e.